The van der Waals surface area contributed by atoms with Crippen LogP contribution < -0.4 is 0 Å². The van der Waals surface area contributed by atoms with Crippen molar-refractivity contribution < 1.29 is 9.90 Å². The molecule has 1 aromatic carbocycles. The normalized spacial score (nSPS) is 18.5. The number of carbonyl (C=O) groups is 1. The molecule has 1 aromatic heterocycles. The maximum Gasteiger partial charge on any atom is 0.276 e. The summed E-state index contributed by atoms with van der Waals surface area (Å²) in [6.45, 7) is 2.77. The van der Waals surface area contributed by atoms with Crippen molar-refractivity contribution in [1.82, 2.24) is 19.9 Å². The molecule has 1 aliphatic heterocycles. The number of nitrogens with zero attached hydrogens (tertiary/aromatic N) is 4. The number of aliphatic hydroxyl groups excluding tert-OH is 1. The lowest BCUT2D eigenvalue weighted by Crippen LogP contribution is -2.42. The van der Waals surface area contributed by atoms with Crippen molar-refractivity contribution in [2.45, 2.75) is 25.9 Å². The Morgan fingerprint density at radius 1 is 1.41 bits per heavy atom. The molecule has 1 aliphatic rings. The summed E-state index contributed by atoms with van der Waals surface area (Å²) in [5.74, 6) is -0.199. The van der Waals surface area contributed by atoms with Crippen LogP contribution in [0.25, 0.3) is 5.69 Å². The lowest BCUT2D eigenvalue weighted by Gasteiger charge is -2.29. The number of benzene rings is 1. The van der Waals surface area contributed by atoms with E-state index in [1.165, 1.54) is 0 Å². The minimum atomic E-state index is -0.461. The molecule has 0 aliphatic carbocycles. The summed E-state index contributed by atoms with van der Waals surface area (Å²) in [4.78, 5) is 14.2. The van der Waals surface area contributed by atoms with E-state index in [9.17, 15) is 9.90 Å². The third-order valence-electron chi connectivity index (χ3n) is 3.86. The summed E-state index contributed by atoms with van der Waals surface area (Å²) in [7, 11) is 0. The minimum Gasteiger partial charge on any atom is -0.391 e. The molecule has 116 valence electrons. The molecule has 6 nitrogen and oxygen atoms in total. The van der Waals surface area contributed by atoms with Crippen LogP contribution in [0.3, 0.4) is 0 Å². The molecule has 1 atom stereocenters. The van der Waals surface area contributed by atoms with E-state index >= 15 is 0 Å². The van der Waals surface area contributed by atoms with Crippen molar-refractivity contribution in [2.75, 3.05) is 13.1 Å². The Labute approximate surface area is 133 Å². The number of rotatable bonds is 2. The second kappa shape index (κ2) is 6.06. The van der Waals surface area contributed by atoms with Gasteiger partial charge >= 0.3 is 0 Å². The third kappa shape index (κ3) is 2.71. The van der Waals surface area contributed by atoms with E-state index in [0.29, 0.717) is 35.2 Å². The zero-order chi connectivity index (χ0) is 15.7. The average Bonchev–Trinajstić information content (AvgIpc) is 2.88. The highest BCUT2D eigenvalue weighted by atomic mass is 35.5. The number of halogens is 1. The molecule has 1 N–H and O–H groups in total. The quantitative estimate of drug-likeness (QED) is 0.916. The molecular weight excluding hydrogens is 304 g/mol. The molecule has 0 saturated carbocycles. The van der Waals surface area contributed by atoms with Crippen molar-refractivity contribution in [3.63, 3.8) is 0 Å². The molecule has 1 amide bonds. The molecule has 7 heteroatoms. The van der Waals surface area contributed by atoms with Gasteiger partial charge in [0.25, 0.3) is 5.91 Å². The average molecular weight is 321 g/mol. The van der Waals surface area contributed by atoms with Crippen molar-refractivity contribution >= 4 is 17.5 Å². The fourth-order valence-electron chi connectivity index (χ4n) is 2.67. The second-order valence-corrected chi connectivity index (χ2v) is 5.84. The molecule has 0 bridgehead atoms. The highest BCUT2D eigenvalue weighted by Crippen LogP contribution is 2.22. The fourth-order valence-corrected chi connectivity index (χ4v) is 2.88. The smallest absolute Gasteiger partial charge is 0.276 e. The fraction of sp³-hybridized carbons (Fsp3) is 0.400. The largest absolute Gasteiger partial charge is 0.391 e. The predicted molar refractivity (Wildman–Crippen MR) is 82.3 cm³/mol. The molecule has 1 saturated heterocycles. The first-order valence-corrected chi connectivity index (χ1v) is 7.60. The van der Waals surface area contributed by atoms with E-state index in [1.54, 1.807) is 22.6 Å². The first-order valence-electron chi connectivity index (χ1n) is 7.22. The molecule has 2 aromatic rings. The minimum absolute atomic E-state index is 0.199. The van der Waals surface area contributed by atoms with Crippen LogP contribution >= 0.6 is 11.6 Å². The van der Waals surface area contributed by atoms with Crippen molar-refractivity contribution in [3.05, 3.63) is 40.7 Å². The van der Waals surface area contributed by atoms with Gasteiger partial charge in [-0.05, 0) is 31.9 Å². The maximum atomic E-state index is 12.6. The Hall–Kier alpha value is -1.92. The molecule has 2 heterocycles. The zero-order valence-electron chi connectivity index (χ0n) is 12.2. The van der Waals surface area contributed by atoms with Crippen molar-refractivity contribution in [1.29, 1.82) is 0 Å². The van der Waals surface area contributed by atoms with Gasteiger partial charge in [0.05, 0.1) is 22.5 Å². The van der Waals surface area contributed by atoms with Crippen LogP contribution in [0.2, 0.25) is 5.02 Å². The monoisotopic (exact) mass is 320 g/mol. The SMILES string of the molecule is Cc1c(C(=O)N2CCCC(O)C2)nnn1-c1ccccc1Cl. The number of para-hydroxylation sites is 1. The van der Waals surface area contributed by atoms with Crippen LogP contribution in [-0.2, 0) is 0 Å². The number of piperidine rings is 1. The third-order valence-corrected chi connectivity index (χ3v) is 4.18. The van der Waals surface area contributed by atoms with E-state index < -0.39 is 6.10 Å². The van der Waals surface area contributed by atoms with E-state index in [1.807, 2.05) is 18.2 Å². The van der Waals surface area contributed by atoms with Gasteiger partial charge in [-0.3, -0.25) is 4.79 Å². The maximum absolute atomic E-state index is 12.6. The topological polar surface area (TPSA) is 71.2 Å². The summed E-state index contributed by atoms with van der Waals surface area (Å²) in [5, 5.41) is 18.3. The highest BCUT2D eigenvalue weighted by molar-refractivity contribution is 6.32. The molecule has 1 unspecified atom stereocenters. The lowest BCUT2D eigenvalue weighted by atomic mass is 10.1. The van der Waals surface area contributed by atoms with Gasteiger partial charge in [0.2, 0.25) is 0 Å². The van der Waals surface area contributed by atoms with Gasteiger partial charge in [0.1, 0.15) is 0 Å². The number of hydrogen-bond donors (Lipinski definition) is 1. The van der Waals surface area contributed by atoms with Gasteiger partial charge < -0.3 is 10.0 Å². The van der Waals surface area contributed by atoms with E-state index in [4.69, 9.17) is 11.6 Å². The summed E-state index contributed by atoms with van der Waals surface area (Å²) < 4.78 is 1.57. The molecule has 1 fully saturated rings. The molecular formula is C15H17ClN4O2. The number of β-amino-alcohol motifs (C(OH)–C–C–N with tert-alkyl or cyclic N) is 1. The van der Waals surface area contributed by atoms with E-state index in [2.05, 4.69) is 10.3 Å². The van der Waals surface area contributed by atoms with Crippen molar-refractivity contribution in [2.24, 2.45) is 0 Å². The summed E-state index contributed by atoms with van der Waals surface area (Å²) in [5.41, 5.74) is 1.62. The van der Waals surface area contributed by atoms with Crippen LogP contribution in [0, 0.1) is 6.92 Å². The van der Waals surface area contributed by atoms with Crippen LogP contribution in [0.15, 0.2) is 24.3 Å². The van der Waals surface area contributed by atoms with E-state index in [0.717, 1.165) is 12.8 Å². The number of hydrogen-bond acceptors (Lipinski definition) is 4. The first kappa shape index (κ1) is 15.0. The van der Waals surface area contributed by atoms with E-state index in [-0.39, 0.29) is 5.91 Å². The van der Waals surface area contributed by atoms with Crippen LogP contribution in [0.4, 0.5) is 0 Å². The van der Waals surface area contributed by atoms with Crippen LogP contribution in [0.1, 0.15) is 29.0 Å². The summed E-state index contributed by atoms with van der Waals surface area (Å²) in [6.07, 6.45) is 1.07. The molecule has 3 rings (SSSR count). The van der Waals surface area contributed by atoms with Crippen LogP contribution in [0.5, 0.6) is 0 Å². The molecule has 0 radical (unpaired) electrons. The van der Waals surface area contributed by atoms with Gasteiger partial charge in [-0.25, -0.2) is 4.68 Å². The zero-order valence-corrected chi connectivity index (χ0v) is 13.0. The number of aliphatic hydroxyl groups is 1. The van der Waals surface area contributed by atoms with Gasteiger partial charge in [-0.2, -0.15) is 0 Å². The number of aromatic nitrogens is 3. The summed E-state index contributed by atoms with van der Waals surface area (Å²) in [6, 6.07) is 7.27. The predicted octanol–water partition coefficient (Wildman–Crippen LogP) is 1.83. The first-order chi connectivity index (χ1) is 10.6. The number of amides is 1. The summed E-state index contributed by atoms with van der Waals surface area (Å²) >= 11 is 6.17. The number of carbonyl (C=O) groups excluding carboxylic acids is 1. The van der Waals surface area contributed by atoms with Gasteiger partial charge in [0, 0.05) is 13.1 Å². The molecule has 22 heavy (non-hydrogen) atoms. The van der Waals surface area contributed by atoms with Crippen molar-refractivity contribution in [3.8, 4) is 5.69 Å². The molecule has 0 spiro atoms. The Kier molecular flexibility index (Phi) is 4.13. The Bertz CT molecular complexity index is 701. The Morgan fingerprint density at radius 3 is 2.91 bits per heavy atom. The Morgan fingerprint density at radius 2 is 2.18 bits per heavy atom. The Balaban J connectivity index is 1.90. The van der Waals surface area contributed by atoms with Gasteiger partial charge in [0.15, 0.2) is 5.69 Å². The standard InChI is InChI=1S/C15H17ClN4O2/c1-10-14(15(22)19-8-4-5-11(21)9-19)17-18-20(10)13-7-3-2-6-12(13)16/h2-3,6-7,11,21H,4-5,8-9H2,1H3. The number of likely N-dealkylation sites (tertiary alicyclic amines) is 1. The van der Waals surface area contributed by atoms with Crippen LogP contribution in [-0.4, -0.2) is 50.1 Å². The second-order valence-electron chi connectivity index (χ2n) is 5.43. The van der Waals surface area contributed by atoms with Gasteiger partial charge in [-0.1, -0.05) is 28.9 Å². The lowest BCUT2D eigenvalue weighted by molar-refractivity contribution is 0.0468. The highest BCUT2D eigenvalue weighted by Gasteiger charge is 2.27. The van der Waals surface area contributed by atoms with Gasteiger partial charge in [-0.15, -0.1) is 5.10 Å².